The molecule has 0 aliphatic carbocycles. The van der Waals surface area contributed by atoms with Gasteiger partial charge in [0.2, 0.25) is 23.8 Å². The van der Waals surface area contributed by atoms with E-state index in [-0.39, 0.29) is 12.3 Å². The fourth-order valence-electron chi connectivity index (χ4n) is 3.81. The van der Waals surface area contributed by atoms with Crippen molar-refractivity contribution >= 4 is 23.8 Å². The van der Waals surface area contributed by atoms with Crippen LogP contribution in [-0.4, -0.2) is 89.0 Å². The molecule has 0 amide bonds. The van der Waals surface area contributed by atoms with Crippen LogP contribution in [0.15, 0.2) is 50.4 Å². The summed E-state index contributed by atoms with van der Waals surface area (Å²) in [5, 5.41) is 9.99. The van der Waals surface area contributed by atoms with Gasteiger partial charge < -0.3 is 30.0 Å². The van der Waals surface area contributed by atoms with Crippen LogP contribution in [0.3, 0.4) is 0 Å². The third-order valence-corrected chi connectivity index (χ3v) is 5.57. The van der Waals surface area contributed by atoms with Crippen molar-refractivity contribution < 1.29 is 0 Å². The van der Waals surface area contributed by atoms with E-state index < -0.39 is 0 Å². The number of aliphatic imine (C=N–C) groups is 4. The molecule has 2 aliphatic heterocycles. The molecule has 35 heavy (non-hydrogen) atoms. The first-order valence-electron chi connectivity index (χ1n) is 11.7. The quantitative estimate of drug-likeness (QED) is 0.418. The maximum atomic E-state index is 4.62. The molecule has 0 fully saturated rings. The lowest BCUT2D eigenvalue weighted by atomic mass is 10.4. The van der Waals surface area contributed by atoms with Crippen LogP contribution < -0.4 is 16.0 Å². The minimum atomic E-state index is -0.158. The lowest BCUT2D eigenvalue weighted by Gasteiger charge is -2.29. The van der Waals surface area contributed by atoms with Gasteiger partial charge in [-0.15, -0.1) is 0 Å². The molecular formula is C23H36N12. The molecule has 0 radical (unpaired) electrons. The highest BCUT2D eigenvalue weighted by molar-refractivity contribution is 6.00. The number of nitrogens with one attached hydrogen (secondary N) is 5. The molecule has 4 heterocycles. The van der Waals surface area contributed by atoms with Crippen LogP contribution in [0.25, 0.3) is 0 Å². The molecular weight excluding hydrogens is 444 g/mol. The summed E-state index contributed by atoms with van der Waals surface area (Å²) in [6.07, 6.45) is 1.65. The summed E-state index contributed by atoms with van der Waals surface area (Å²) in [5.74, 6) is 3.10. The maximum absolute atomic E-state index is 4.62. The number of guanidine groups is 4. The van der Waals surface area contributed by atoms with Crippen molar-refractivity contribution in [3.8, 4) is 0 Å². The van der Waals surface area contributed by atoms with E-state index in [1.165, 1.54) is 0 Å². The van der Waals surface area contributed by atoms with E-state index in [0.717, 1.165) is 41.5 Å². The van der Waals surface area contributed by atoms with Crippen LogP contribution >= 0.6 is 0 Å². The number of hydrogen-bond acceptors (Lipinski definition) is 10. The third kappa shape index (κ3) is 6.34. The maximum Gasteiger partial charge on any atom is 0.203 e. The molecule has 0 bridgehead atoms. The Labute approximate surface area is 206 Å². The number of H-pyrrole nitrogens is 2. The molecule has 2 aromatic heterocycles. The lowest BCUT2D eigenvalue weighted by Crippen LogP contribution is -2.50. The molecule has 0 aromatic carbocycles. The SMILES string of the molecule is CC1N=C(NCc2ccc(CN(C)C3=NC(C)N=C(N(C)C)N3)[nH]2)NC(N(C)Cc2ccc[nH]2)=N1. The third-order valence-electron chi connectivity index (χ3n) is 5.57. The summed E-state index contributed by atoms with van der Waals surface area (Å²) >= 11 is 0. The normalized spacial score (nSPS) is 19.5. The molecule has 2 aromatic rings. The fourth-order valence-corrected chi connectivity index (χ4v) is 3.81. The number of aromatic nitrogens is 2. The zero-order valence-electron chi connectivity index (χ0n) is 21.3. The Morgan fingerprint density at radius 3 is 2.09 bits per heavy atom. The topological polar surface area (TPSA) is 127 Å². The van der Waals surface area contributed by atoms with Crippen LogP contribution in [0, 0.1) is 0 Å². The molecule has 0 saturated carbocycles. The zero-order chi connectivity index (χ0) is 24.9. The molecule has 5 N–H and O–H groups in total. The number of hydrogen-bond donors (Lipinski definition) is 5. The van der Waals surface area contributed by atoms with Gasteiger partial charge >= 0.3 is 0 Å². The summed E-state index contributed by atoms with van der Waals surface area (Å²) in [6, 6.07) is 8.23. The highest BCUT2D eigenvalue weighted by Crippen LogP contribution is 2.09. The average molecular weight is 481 g/mol. The standard InChI is InChI=1S/C23H36N12/c1-15-26-20(31-22(28-15)34(5)13-18-8-7-11-24-18)25-12-17-9-10-19(30-17)14-35(6)23-29-16(2)27-21(32-23)33(3)4/h7-11,15-16,24,30H,12-14H2,1-6H3,(H,27,29,32)(H2,25,26,28,31). The predicted molar refractivity (Wildman–Crippen MR) is 140 cm³/mol. The molecule has 0 spiro atoms. The molecule has 2 unspecified atom stereocenters. The van der Waals surface area contributed by atoms with Gasteiger partial charge in [-0.2, -0.15) is 0 Å². The molecule has 2 atom stereocenters. The fraction of sp³-hybridized carbons (Fsp3) is 0.478. The summed E-state index contributed by atoms with van der Waals surface area (Å²) in [7, 11) is 7.96. The summed E-state index contributed by atoms with van der Waals surface area (Å²) in [4.78, 5) is 31.1. The number of nitrogens with zero attached hydrogens (tertiary/aromatic N) is 7. The van der Waals surface area contributed by atoms with Gasteiger partial charge in [0.05, 0.1) is 19.6 Å². The minimum absolute atomic E-state index is 0.115. The average Bonchev–Trinajstić information content (AvgIpc) is 3.49. The summed E-state index contributed by atoms with van der Waals surface area (Å²) in [6.45, 7) is 5.99. The van der Waals surface area contributed by atoms with Crippen molar-refractivity contribution in [2.45, 2.75) is 45.8 Å². The van der Waals surface area contributed by atoms with Crippen molar-refractivity contribution in [3.05, 3.63) is 47.5 Å². The Bertz CT molecular complexity index is 1110. The highest BCUT2D eigenvalue weighted by atomic mass is 15.4. The smallest absolute Gasteiger partial charge is 0.203 e. The van der Waals surface area contributed by atoms with E-state index in [1.807, 2.05) is 59.2 Å². The minimum Gasteiger partial charge on any atom is -0.364 e. The van der Waals surface area contributed by atoms with E-state index in [4.69, 9.17) is 0 Å². The van der Waals surface area contributed by atoms with E-state index in [1.54, 1.807) is 0 Å². The Morgan fingerprint density at radius 2 is 1.40 bits per heavy atom. The van der Waals surface area contributed by atoms with Crippen molar-refractivity contribution in [2.75, 3.05) is 28.2 Å². The van der Waals surface area contributed by atoms with E-state index in [2.05, 4.69) is 73.9 Å². The molecule has 12 nitrogen and oxygen atoms in total. The largest absolute Gasteiger partial charge is 0.364 e. The number of rotatable bonds is 6. The summed E-state index contributed by atoms with van der Waals surface area (Å²) in [5.41, 5.74) is 3.28. The van der Waals surface area contributed by atoms with Crippen LogP contribution in [-0.2, 0) is 19.6 Å². The second-order valence-electron chi connectivity index (χ2n) is 9.01. The number of aromatic amines is 2. The lowest BCUT2D eigenvalue weighted by molar-refractivity contribution is 0.463. The van der Waals surface area contributed by atoms with Crippen molar-refractivity contribution in [2.24, 2.45) is 20.0 Å². The van der Waals surface area contributed by atoms with Gasteiger partial charge in [0.1, 0.15) is 12.3 Å². The molecule has 188 valence electrons. The summed E-state index contributed by atoms with van der Waals surface area (Å²) < 4.78 is 0. The van der Waals surface area contributed by atoms with Gasteiger partial charge in [-0.25, -0.2) is 20.0 Å². The second-order valence-corrected chi connectivity index (χ2v) is 9.01. The van der Waals surface area contributed by atoms with Crippen molar-refractivity contribution in [1.29, 1.82) is 0 Å². The van der Waals surface area contributed by atoms with Crippen molar-refractivity contribution in [3.63, 3.8) is 0 Å². The zero-order valence-corrected chi connectivity index (χ0v) is 21.3. The molecule has 4 rings (SSSR count). The first kappa shape index (κ1) is 24.2. The van der Waals surface area contributed by atoms with Gasteiger partial charge in [0.15, 0.2) is 0 Å². The second kappa shape index (κ2) is 10.5. The highest BCUT2D eigenvalue weighted by Gasteiger charge is 2.19. The van der Waals surface area contributed by atoms with Gasteiger partial charge in [-0.1, -0.05) is 0 Å². The van der Waals surface area contributed by atoms with Crippen molar-refractivity contribution in [1.82, 2.24) is 40.6 Å². The Kier molecular flexibility index (Phi) is 7.28. The van der Waals surface area contributed by atoms with Gasteiger partial charge in [0, 0.05) is 51.5 Å². The Hall–Kier alpha value is -3.96. The van der Waals surface area contributed by atoms with Crippen LogP contribution in [0.4, 0.5) is 0 Å². The van der Waals surface area contributed by atoms with E-state index >= 15 is 0 Å². The van der Waals surface area contributed by atoms with Crippen LogP contribution in [0.5, 0.6) is 0 Å². The Morgan fingerprint density at radius 1 is 0.771 bits per heavy atom. The first-order valence-corrected chi connectivity index (χ1v) is 11.7. The predicted octanol–water partition coefficient (Wildman–Crippen LogP) is 0.880. The van der Waals surface area contributed by atoms with E-state index in [9.17, 15) is 0 Å². The van der Waals surface area contributed by atoms with Gasteiger partial charge in [-0.3, -0.25) is 10.6 Å². The molecule has 0 saturated heterocycles. The van der Waals surface area contributed by atoms with Crippen LogP contribution in [0.2, 0.25) is 0 Å². The van der Waals surface area contributed by atoms with Crippen LogP contribution in [0.1, 0.15) is 30.9 Å². The monoisotopic (exact) mass is 480 g/mol. The molecule has 12 heteroatoms. The van der Waals surface area contributed by atoms with E-state index in [0.29, 0.717) is 19.0 Å². The van der Waals surface area contributed by atoms with Gasteiger partial charge in [-0.05, 0) is 38.1 Å². The first-order chi connectivity index (χ1) is 16.8. The molecule has 2 aliphatic rings. The van der Waals surface area contributed by atoms with Gasteiger partial charge in [0.25, 0.3) is 0 Å². The Balaban J connectivity index is 1.29.